The highest BCUT2D eigenvalue weighted by molar-refractivity contribution is 5.80. The Balaban J connectivity index is 1.66. The summed E-state index contributed by atoms with van der Waals surface area (Å²) in [5, 5.41) is 21.8. The fourth-order valence-corrected chi connectivity index (χ4v) is 2.88. The largest absolute Gasteiger partial charge is 0.381 e. The van der Waals surface area contributed by atoms with Gasteiger partial charge in [-0.15, -0.1) is 0 Å². The molecule has 4 rings (SSSR count). The fourth-order valence-electron chi connectivity index (χ4n) is 2.88. The molecule has 6 nitrogen and oxygen atoms in total. The molecule has 112 valence electrons. The van der Waals surface area contributed by atoms with Crippen LogP contribution in [-0.2, 0) is 5.60 Å². The number of H-pyrrole nitrogens is 1. The molecule has 0 amide bonds. The van der Waals surface area contributed by atoms with Crippen molar-refractivity contribution in [3.05, 3.63) is 48.0 Å². The molecular weight excluding hydrogens is 285 g/mol. The van der Waals surface area contributed by atoms with E-state index < -0.39 is 5.60 Å². The number of rotatable bonds is 2. The van der Waals surface area contributed by atoms with Crippen molar-refractivity contribution in [2.24, 2.45) is 0 Å². The number of aromatic amines is 1. The first-order chi connectivity index (χ1) is 10.6. The van der Waals surface area contributed by atoms with Crippen molar-refractivity contribution in [3.8, 4) is 0 Å². The number of nitrogens with one attached hydrogen (secondary N) is 1. The van der Waals surface area contributed by atoms with Gasteiger partial charge in [0, 0.05) is 24.4 Å². The molecule has 7 heteroatoms. The second kappa shape index (κ2) is 4.74. The Hall–Kier alpha value is -2.54. The van der Waals surface area contributed by atoms with Crippen molar-refractivity contribution in [1.82, 2.24) is 20.4 Å². The Bertz CT molecular complexity index is 822. The van der Waals surface area contributed by atoms with Crippen molar-refractivity contribution >= 4 is 16.7 Å². The second-order valence-electron chi connectivity index (χ2n) is 5.56. The highest BCUT2D eigenvalue weighted by atomic mass is 19.1. The number of benzene rings is 1. The van der Waals surface area contributed by atoms with Gasteiger partial charge in [-0.1, -0.05) is 0 Å². The van der Waals surface area contributed by atoms with Gasteiger partial charge in [0.05, 0.1) is 18.3 Å². The third kappa shape index (κ3) is 2.10. The molecule has 1 fully saturated rings. The summed E-state index contributed by atoms with van der Waals surface area (Å²) >= 11 is 0. The van der Waals surface area contributed by atoms with E-state index in [1.807, 2.05) is 17.0 Å². The molecule has 2 N–H and O–H groups in total. The maximum Gasteiger partial charge on any atom is 0.129 e. The minimum Gasteiger partial charge on any atom is -0.381 e. The van der Waals surface area contributed by atoms with E-state index in [0.717, 1.165) is 11.2 Å². The average molecular weight is 299 g/mol. The van der Waals surface area contributed by atoms with Crippen LogP contribution in [-0.4, -0.2) is 38.6 Å². The Morgan fingerprint density at radius 3 is 2.95 bits per heavy atom. The topological polar surface area (TPSA) is 77.9 Å². The summed E-state index contributed by atoms with van der Waals surface area (Å²) in [5.41, 5.74) is 0.0992. The van der Waals surface area contributed by atoms with Gasteiger partial charge >= 0.3 is 0 Å². The van der Waals surface area contributed by atoms with Gasteiger partial charge in [0.15, 0.2) is 0 Å². The third-order valence-corrected chi connectivity index (χ3v) is 4.10. The second-order valence-corrected chi connectivity index (χ2v) is 5.56. The van der Waals surface area contributed by atoms with Crippen LogP contribution in [0.4, 0.5) is 10.2 Å². The standard InChI is InChI=1S/C15H14FN5O/c16-11-3-1-10-2-4-14(18-12(10)7-11)21-6-5-15(22,9-21)13-8-17-20-19-13/h1-4,7-8,22H,5-6,9H2,(H,17,19,20). The quantitative estimate of drug-likeness (QED) is 0.751. The highest BCUT2D eigenvalue weighted by Gasteiger charge is 2.40. The Morgan fingerprint density at radius 1 is 1.27 bits per heavy atom. The van der Waals surface area contributed by atoms with Crippen molar-refractivity contribution in [2.75, 3.05) is 18.0 Å². The van der Waals surface area contributed by atoms with E-state index in [-0.39, 0.29) is 5.82 Å². The first-order valence-corrected chi connectivity index (χ1v) is 7.04. The predicted octanol–water partition coefficient (Wildman–Crippen LogP) is 1.59. The summed E-state index contributed by atoms with van der Waals surface area (Å²) in [4.78, 5) is 6.47. The zero-order valence-electron chi connectivity index (χ0n) is 11.7. The van der Waals surface area contributed by atoms with Gasteiger partial charge in [-0.25, -0.2) is 9.37 Å². The van der Waals surface area contributed by atoms with Crippen LogP contribution in [0.25, 0.3) is 10.9 Å². The number of nitrogens with zero attached hydrogens (tertiary/aromatic N) is 4. The van der Waals surface area contributed by atoms with E-state index in [1.54, 1.807) is 6.07 Å². The maximum absolute atomic E-state index is 13.3. The van der Waals surface area contributed by atoms with Gasteiger partial charge in [-0.2, -0.15) is 15.4 Å². The lowest BCUT2D eigenvalue weighted by molar-refractivity contribution is 0.0559. The molecule has 1 saturated heterocycles. The molecule has 1 aromatic carbocycles. The maximum atomic E-state index is 13.3. The van der Waals surface area contributed by atoms with Crippen LogP contribution in [0, 0.1) is 5.82 Å². The Labute approximate surface area is 125 Å². The minimum atomic E-state index is -1.04. The molecule has 22 heavy (non-hydrogen) atoms. The summed E-state index contributed by atoms with van der Waals surface area (Å²) in [5.74, 6) is 0.412. The number of hydrogen-bond donors (Lipinski definition) is 2. The van der Waals surface area contributed by atoms with Gasteiger partial charge in [0.1, 0.15) is 22.9 Å². The number of halogens is 1. The van der Waals surface area contributed by atoms with Crippen LogP contribution in [0.2, 0.25) is 0 Å². The summed E-state index contributed by atoms with van der Waals surface area (Å²) in [7, 11) is 0. The van der Waals surface area contributed by atoms with E-state index in [4.69, 9.17) is 0 Å². The van der Waals surface area contributed by atoms with Crippen LogP contribution in [0.5, 0.6) is 0 Å². The van der Waals surface area contributed by atoms with Crippen molar-refractivity contribution in [1.29, 1.82) is 0 Å². The van der Waals surface area contributed by atoms with E-state index >= 15 is 0 Å². The first kappa shape index (κ1) is 13.1. The lowest BCUT2D eigenvalue weighted by Gasteiger charge is -2.21. The highest BCUT2D eigenvalue weighted by Crippen LogP contribution is 2.33. The first-order valence-electron chi connectivity index (χ1n) is 7.04. The molecule has 0 spiro atoms. The number of hydrogen-bond acceptors (Lipinski definition) is 5. The molecule has 1 unspecified atom stereocenters. The number of anilines is 1. The molecule has 0 saturated carbocycles. The number of fused-ring (bicyclic) bond motifs is 1. The minimum absolute atomic E-state index is 0.308. The van der Waals surface area contributed by atoms with Gasteiger partial charge in [0.25, 0.3) is 0 Å². The number of pyridine rings is 1. The van der Waals surface area contributed by atoms with E-state index in [2.05, 4.69) is 20.4 Å². The van der Waals surface area contributed by atoms with E-state index in [0.29, 0.717) is 30.7 Å². The smallest absolute Gasteiger partial charge is 0.129 e. The monoisotopic (exact) mass is 299 g/mol. The molecule has 1 aliphatic heterocycles. The van der Waals surface area contributed by atoms with E-state index in [9.17, 15) is 9.50 Å². The third-order valence-electron chi connectivity index (χ3n) is 4.10. The zero-order chi connectivity index (χ0) is 15.2. The van der Waals surface area contributed by atoms with Crippen LogP contribution < -0.4 is 4.90 Å². The number of β-amino-alcohol motifs (C(OH)–C–C–N with tert-alkyl or cyclic N) is 1. The molecule has 1 aliphatic rings. The lowest BCUT2D eigenvalue weighted by Crippen LogP contribution is -2.31. The molecular formula is C15H14FN5O. The normalized spacial score (nSPS) is 21.6. The molecule has 2 aromatic heterocycles. The Morgan fingerprint density at radius 2 is 2.14 bits per heavy atom. The van der Waals surface area contributed by atoms with Crippen molar-refractivity contribution in [3.63, 3.8) is 0 Å². The van der Waals surface area contributed by atoms with Crippen molar-refractivity contribution < 1.29 is 9.50 Å². The molecule has 0 radical (unpaired) electrons. The summed E-state index contributed by atoms with van der Waals surface area (Å²) in [6.07, 6.45) is 2.08. The fraction of sp³-hybridized carbons (Fsp3) is 0.267. The summed E-state index contributed by atoms with van der Waals surface area (Å²) in [6, 6.07) is 8.33. The molecule has 3 aromatic rings. The Kier molecular flexibility index (Phi) is 2.83. The molecule has 1 atom stereocenters. The lowest BCUT2D eigenvalue weighted by atomic mass is 10.0. The van der Waals surface area contributed by atoms with Gasteiger partial charge in [-0.3, -0.25) is 0 Å². The molecule has 0 aliphatic carbocycles. The zero-order valence-corrected chi connectivity index (χ0v) is 11.7. The molecule has 3 heterocycles. The van der Waals surface area contributed by atoms with Gasteiger partial charge in [-0.05, 0) is 24.3 Å². The number of aromatic nitrogens is 4. The SMILES string of the molecule is OC1(c2cn[nH]n2)CCN(c2ccc3ccc(F)cc3n2)C1. The summed E-state index contributed by atoms with van der Waals surface area (Å²) < 4.78 is 13.3. The van der Waals surface area contributed by atoms with Gasteiger partial charge in [0.2, 0.25) is 0 Å². The van der Waals surface area contributed by atoms with Crippen LogP contribution in [0.1, 0.15) is 12.1 Å². The average Bonchev–Trinajstić information content (AvgIpc) is 3.17. The van der Waals surface area contributed by atoms with Crippen LogP contribution in [0.15, 0.2) is 36.5 Å². The summed E-state index contributed by atoms with van der Waals surface area (Å²) in [6.45, 7) is 1.03. The predicted molar refractivity (Wildman–Crippen MR) is 78.8 cm³/mol. The molecule has 0 bridgehead atoms. The van der Waals surface area contributed by atoms with E-state index in [1.165, 1.54) is 18.3 Å². The van der Waals surface area contributed by atoms with Crippen molar-refractivity contribution in [2.45, 2.75) is 12.0 Å². The number of aliphatic hydroxyl groups is 1. The van der Waals surface area contributed by atoms with Gasteiger partial charge < -0.3 is 10.0 Å². The van der Waals surface area contributed by atoms with Crippen LogP contribution in [0.3, 0.4) is 0 Å². The van der Waals surface area contributed by atoms with Crippen LogP contribution >= 0.6 is 0 Å².